The SMILES string of the molecule is CCCN1CC=C[C@]2(C)S[C@]34C=CCN(c5ccc(N(CC)CC)cc5)C(=O)C3N(CCCO)C(=O)[C@@H]4[C@@H]2C1=O. The fraction of sp³-hybridized carbons (Fsp3) is 0.581. The second-order valence-electron chi connectivity index (χ2n) is 11.3. The zero-order valence-electron chi connectivity index (χ0n) is 24.1. The van der Waals surface area contributed by atoms with Crippen molar-refractivity contribution >= 4 is 40.9 Å². The van der Waals surface area contributed by atoms with Gasteiger partial charge < -0.3 is 24.7 Å². The van der Waals surface area contributed by atoms with Crippen LogP contribution in [0.3, 0.4) is 0 Å². The lowest BCUT2D eigenvalue weighted by Gasteiger charge is -2.37. The molecule has 4 aliphatic rings. The van der Waals surface area contributed by atoms with Gasteiger partial charge >= 0.3 is 0 Å². The minimum absolute atomic E-state index is 0.00576. The molecule has 3 amide bonds. The summed E-state index contributed by atoms with van der Waals surface area (Å²) in [4.78, 5) is 50.4. The molecule has 1 unspecified atom stereocenters. The van der Waals surface area contributed by atoms with Gasteiger partial charge in [0.05, 0.1) is 16.6 Å². The van der Waals surface area contributed by atoms with Gasteiger partial charge in [-0.25, -0.2) is 0 Å². The molecule has 0 aliphatic carbocycles. The molecule has 0 saturated carbocycles. The number of likely N-dealkylation sites (tertiary alicyclic amines) is 1. The van der Waals surface area contributed by atoms with Gasteiger partial charge in [-0.3, -0.25) is 14.4 Å². The van der Waals surface area contributed by atoms with Gasteiger partial charge in [0.1, 0.15) is 6.04 Å². The third-order valence-electron chi connectivity index (χ3n) is 8.98. The van der Waals surface area contributed by atoms with E-state index < -0.39 is 27.4 Å². The van der Waals surface area contributed by atoms with Gasteiger partial charge in [-0.15, -0.1) is 11.8 Å². The van der Waals surface area contributed by atoms with Gasteiger partial charge in [0.25, 0.3) is 5.91 Å². The summed E-state index contributed by atoms with van der Waals surface area (Å²) in [5.41, 5.74) is 1.89. The number of aliphatic hydroxyl groups excluding tert-OH is 1. The maximum Gasteiger partial charge on any atom is 0.251 e. The van der Waals surface area contributed by atoms with Crippen LogP contribution in [0, 0.1) is 11.8 Å². The van der Waals surface area contributed by atoms with E-state index in [1.807, 2.05) is 41.3 Å². The van der Waals surface area contributed by atoms with Crippen molar-refractivity contribution < 1.29 is 19.5 Å². The molecule has 0 radical (unpaired) electrons. The quantitative estimate of drug-likeness (QED) is 0.462. The smallest absolute Gasteiger partial charge is 0.251 e. The van der Waals surface area contributed by atoms with Crippen molar-refractivity contribution in [3.8, 4) is 0 Å². The van der Waals surface area contributed by atoms with E-state index >= 15 is 0 Å². The zero-order chi connectivity index (χ0) is 28.7. The van der Waals surface area contributed by atoms with Crippen LogP contribution in [0.5, 0.6) is 0 Å². The highest BCUT2D eigenvalue weighted by Crippen LogP contribution is 2.65. The van der Waals surface area contributed by atoms with E-state index in [4.69, 9.17) is 0 Å². The van der Waals surface area contributed by atoms with Crippen LogP contribution in [0.15, 0.2) is 48.6 Å². The number of anilines is 2. The number of nitrogens with zero attached hydrogens (tertiary/aromatic N) is 4. The van der Waals surface area contributed by atoms with Gasteiger partial charge in [0, 0.05) is 62.0 Å². The number of amides is 3. The molecule has 1 aromatic carbocycles. The Labute approximate surface area is 242 Å². The van der Waals surface area contributed by atoms with Gasteiger partial charge in [0.15, 0.2) is 0 Å². The Morgan fingerprint density at radius 1 is 0.925 bits per heavy atom. The Hall–Kier alpha value is -2.78. The van der Waals surface area contributed by atoms with Crippen LogP contribution < -0.4 is 9.80 Å². The Morgan fingerprint density at radius 3 is 2.27 bits per heavy atom. The first-order valence-corrected chi connectivity index (χ1v) is 15.5. The Kier molecular flexibility index (Phi) is 8.08. The van der Waals surface area contributed by atoms with Crippen molar-refractivity contribution in [2.24, 2.45) is 11.8 Å². The second-order valence-corrected chi connectivity index (χ2v) is 13.1. The molecule has 2 fully saturated rings. The molecule has 4 heterocycles. The molecule has 1 aromatic rings. The number of fused-ring (bicyclic) bond motifs is 2. The molecule has 8 nitrogen and oxygen atoms in total. The van der Waals surface area contributed by atoms with E-state index in [1.54, 1.807) is 21.6 Å². The highest BCUT2D eigenvalue weighted by Gasteiger charge is 2.73. The highest BCUT2D eigenvalue weighted by molar-refractivity contribution is 8.02. The third kappa shape index (κ3) is 4.45. The monoisotopic (exact) mass is 566 g/mol. The van der Waals surface area contributed by atoms with Crippen LogP contribution in [0.1, 0.15) is 40.5 Å². The van der Waals surface area contributed by atoms with Gasteiger partial charge in [-0.2, -0.15) is 0 Å². The molecule has 9 heteroatoms. The van der Waals surface area contributed by atoms with Crippen molar-refractivity contribution in [2.45, 2.75) is 56.1 Å². The van der Waals surface area contributed by atoms with Crippen LogP contribution >= 0.6 is 11.8 Å². The van der Waals surface area contributed by atoms with Crippen molar-refractivity contribution in [1.82, 2.24) is 9.80 Å². The number of hydrogen-bond acceptors (Lipinski definition) is 6. The summed E-state index contributed by atoms with van der Waals surface area (Å²) in [7, 11) is 0. The molecule has 0 bridgehead atoms. The Balaban J connectivity index is 1.56. The lowest BCUT2D eigenvalue weighted by Crippen LogP contribution is -2.53. The largest absolute Gasteiger partial charge is 0.396 e. The van der Waals surface area contributed by atoms with Gasteiger partial charge in [0.2, 0.25) is 11.8 Å². The molecular formula is C31H42N4O4S. The average molecular weight is 567 g/mol. The van der Waals surface area contributed by atoms with E-state index in [9.17, 15) is 19.5 Å². The van der Waals surface area contributed by atoms with Gasteiger partial charge in [-0.05, 0) is 57.9 Å². The molecule has 1 spiro atoms. The number of benzene rings is 1. The molecule has 2 saturated heterocycles. The van der Waals surface area contributed by atoms with Crippen LogP contribution in [-0.2, 0) is 14.4 Å². The fourth-order valence-electron chi connectivity index (χ4n) is 7.19. The van der Waals surface area contributed by atoms with Crippen LogP contribution in [0.4, 0.5) is 11.4 Å². The van der Waals surface area contributed by atoms with Crippen molar-refractivity contribution in [2.75, 3.05) is 55.7 Å². The lowest BCUT2D eigenvalue weighted by atomic mass is 9.74. The van der Waals surface area contributed by atoms with Crippen molar-refractivity contribution in [3.63, 3.8) is 0 Å². The van der Waals surface area contributed by atoms with Crippen LogP contribution in [-0.4, -0.2) is 94.0 Å². The Morgan fingerprint density at radius 2 is 1.62 bits per heavy atom. The summed E-state index contributed by atoms with van der Waals surface area (Å²) in [6, 6.07) is 7.28. The minimum Gasteiger partial charge on any atom is -0.396 e. The third-order valence-corrected chi connectivity index (χ3v) is 10.8. The average Bonchev–Trinajstić information content (AvgIpc) is 3.21. The Bertz CT molecular complexity index is 1200. The maximum atomic E-state index is 14.5. The normalized spacial score (nSPS) is 31.3. The summed E-state index contributed by atoms with van der Waals surface area (Å²) in [6.45, 7) is 11.9. The number of thioether (sulfide) groups is 1. The maximum absolute atomic E-state index is 14.5. The topological polar surface area (TPSA) is 84.4 Å². The second kappa shape index (κ2) is 11.2. The number of carbonyl (C=O) groups is 3. The van der Waals surface area contributed by atoms with Crippen LogP contribution in [0.25, 0.3) is 0 Å². The molecule has 5 atom stereocenters. The number of aliphatic hydroxyl groups is 1. The summed E-state index contributed by atoms with van der Waals surface area (Å²) in [5, 5.41) is 9.65. The molecule has 0 aromatic heterocycles. The van der Waals surface area contributed by atoms with Gasteiger partial charge in [-0.1, -0.05) is 31.2 Å². The van der Waals surface area contributed by atoms with E-state index in [2.05, 4.69) is 44.7 Å². The van der Waals surface area contributed by atoms with Crippen LogP contribution in [0.2, 0.25) is 0 Å². The van der Waals surface area contributed by atoms with E-state index in [-0.39, 0.29) is 30.9 Å². The zero-order valence-corrected chi connectivity index (χ0v) is 24.9. The molecular weight excluding hydrogens is 524 g/mol. The molecule has 4 aliphatic heterocycles. The first-order valence-electron chi connectivity index (χ1n) is 14.7. The molecule has 216 valence electrons. The molecule has 1 N–H and O–H groups in total. The number of rotatable bonds is 9. The summed E-state index contributed by atoms with van der Waals surface area (Å²) < 4.78 is -1.47. The summed E-state index contributed by atoms with van der Waals surface area (Å²) in [5.74, 6) is -1.51. The van der Waals surface area contributed by atoms with E-state index in [1.165, 1.54) is 0 Å². The fourth-order valence-corrected chi connectivity index (χ4v) is 9.35. The van der Waals surface area contributed by atoms with Crippen molar-refractivity contribution in [3.05, 3.63) is 48.6 Å². The van der Waals surface area contributed by atoms with Crippen molar-refractivity contribution in [1.29, 1.82) is 0 Å². The number of carbonyl (C=O) groups excluding carboxylic acids is 3. The lowest BCUT2D eigenvalue weighted by molar-refractivity contribution is -0.143. The summed E-state index contributed by atoms with van der Waals surface area (Å²) >= 11 is 1.60. The molecule has 40 heavy (non-hydrogen) atoms. The summed E-state index contributed by atoms with van der Waals surface area (Å²) in [6.07, 6.45) is 9.42. The predicted molar refractivity (Wildman–Crippen MR) is 160 cm³/mol. The first kappa shape index (κ1) is 28.7. The molecule has 5 rings (SSSR count). The predicted octanol–water partition coefficient (Wildman–Crippen LogP) is 3.31. The van der Waals surface area contributed by atoms with E-state index in [0.717, 1.165) is 30.9 Å². The minimum atomic E-state index is -0.867. The first-order chi connectivity index (χ1) is 19.3. The standard InChI is InChI=1S/C31H42N4O4S/c1-5-17-33-18-8-15-30(4)24(27(33)37)25-28(38)35(20-10-21-36)26-29(39)34(19-9-16-31(25,26)40-30)23-13-11-22(12-14-23)32(6-2)7-3/h8-9,11-16,24-26,36H,5-7,10,17-21H2,1-4H3/t24-,25+,26?,30+,31+/m1/s1. The van der Waals surface area contributed by atoms with E-state index in [0.29, 0.717) is 26.1 Å². The highest BCUT2D eigenvalue weighted by atomic mass is 32.2. The number of hydrogen-bond donors (Lipinski definition) is 1.